The largest absolute Gasteiger partial charge is 0.457 e. The number of nitro benzene ring substituents is 1. The average molecular weight is 541 g/mol. The Labute approximate surface area is 201 Å². The lowest BCUT2D eigenvalue weighted by Crippen LogP contribution is -2.16. The average Bonchev–Trinajstić information content (AvgIpc) is 3.03. The number of benzene rings is 2. The summed E-state index contributed by atoms with van der Waals surface area (Å²) in [7, 11) is 0. The standard InChI is InChI=1S/C22H20BrF3N4O4/c1-12-4-5-13(2)18(8-12)34-17-10-15(9-16(11-17)30(32)33)27-19(31)6-7-29-14(3)20(23)21(28-29)22(24,25)26/h4-5,8-11H,6-7H2,1-3H3,(H,27,31). The van der Waals surface area contributed by atoms with Gasteiger partial charge in [0.2, 0.25) is 5.91 Å². The van der Waals surface area contributed by atoms with Gasteiger partial charge in [-0.15, -0.1) is 0 Å². The van der Waals surface area contributed by atoms with Gasteiger partial charge in [-0.1, -0.05) is 12.1 Å². The molecule has 34 heavy (non-hydrogen) atoms. The second kappa shape index (κ2) is 9.84. The monoisotopic (exact) mass is 540 g/mol. The molecule has 1 N–H and O–H groups in total. The Balaban J connectivity index is 1.76. The normalized spacial score (nSPS) is 11.4. The Hall–Kier alpha value is -3.41. The van der Waals surface area contributed by atoms with Gasteiger partial charge >= 0.3 is 6.18 Å². The minimum absolute atomic E-state index is 0.118. The molecule has 0 radical (unpaired) electrons. The molecule has 180 valence electrons. The number of nitro groups is 1. The maximum Gasteiger partial charge on any atom is 0.436 e. The first-order chi connectivity index (χ1) is 15.8. The predicted molar refractivity (Wildman–Crippen MR) is 122 cm³/mol. The van der Waals surface area contributed by atoms with Crippen molar-refractivity contribution in [2.75, 3.05) is 5.32 Å². The second-order valence-corrected chi connectivity index (χ2v) is 8.40. The molecular weight excluding hydrogens is 521 g/mol. The van der Waals surface area contributed by atoms with E-state index in [-0.39, 0.29) is 40.3 Å². The fraction of sp³-hybridized carbons (Fsp3) is 0.273. The molecule has 12 heteroatoms. The number of halogens is 4. The molecular formula is C22H20BrF3N4O4. The lowest BCUT2D eigenvalue weighted by atomic mass is 10.1. The molecule has 0 saturated heterocycles. The SMILES string of the molecule is Cc1ccc(C)c(Oc2cc(NC(=O)CCn3nc(C(F)(F)F)c(Br)c3C)cc([N+](=O)[O-])c2)c1. The Morgan fingerprint density at radius 3 is 2.53 bits per heavy atom. The molecule has 0 aliphatic rings. The van der Waals surface area contributed by atoms with E-state index in [1.165, 1.54) is 25.1 Å². The summed E-state index contributed by atoms with van der Waals surface area (Å²) in [5.74, 6) is 0.107. The first kappa shape index (κ1) is 25.2. The molecule has 0 unspecified atom stereocenters. The van der Waals surface area contributed by atoms with Crippen molar-refractivity contribution in [3.63, 3.8) is 0 Å². The number of aromatic nitrogens is 2. The molecule has 3 aromatic rings. The van der Waals surface area contributed by atoms with Gasteiger partial charge in [-0.2, -0.15) is 18.3 Å². The molecule has 0 aliphatic carbocycles. The van der Waals surface area contributed by atoms with Crippen LogP contribution in [-0.4, -0.2) is 20.6 Å². The topological polar surface area (TPSA) is 99.3 Å². The summed E-state index contributed by atoms with van der Waals surface area (Å²) >= 11 is 2.88. The highest BCUT2D eigenvalue weighted by Gasteiger charge is 2.37. The van der Waals surface area contributed by atoms with Gasteiger partial charge in [0.15, 0.2) is 5.69 Å². The summed E-state index contributed by atoms with van der Waals surface area (Å²) < 4.78 is 45.8. The molecule has 0 aliphatic heterocycles. The maximum atomic E-state index is 13.0. The van der Waals surface area contributed by atoms with Gasteiger partial charge in [-0.05, 0) is 53.9 Å². The Kier molecular flexibility index (Phi) is 7.29. The number of non-ortho nitro benzene ring substituents is 1. The van der Waals surface area contributed by atoms with Gasteiger partial charge in [-0.25, -0.2) is 0 Å². The van der Waals surface area contributed by atoms with Crippen molar-refractivity contribution < 1.29 is 27.6 Å². The molecule has 0 fully saturated rings. The minimum atomic E-state index is -4.63. The summed E-state index contributed by atoms with van der Waals surface area (Å²) in [6, 6.07) is 9.38. The summed E-state index contributed by atoms with van der Waals surface area (Å²) in [6.45, 7) is 5.03. The molecule has 1 heterocycles. The molecule has 1 amide bonds. The number of carbonyl (C=O) groups excluding carboxylic acids is 1. The zero-order valence-corrected chi connectivity index (χ0v) is 20.0. The van der Waals surface area contributed by atoms with E-state index in [0.717, 1.165) is 15.8 Å². The Morgan fingerprint density at radius 1 is 1.21 bits per heavy atom. The number of amides is 1. The summed E-state index contributed by atoms with van der Waals surface area (Å²) in [5, 5.41) is 17.4. The quantitative estimate of drug-likeness (QED) is 0.279. The highest BCUT2D eigenvalue weighted by atomic mass is 79.9. The molecule has 8 nitrogen and oxygen atoms in total. The minimum Gasteiger partial charge on any atom is -0.457 e. The third-order valence-corrected chi connectivity index (χ3v) is 5.86. The van der Waals surface area contributed by atoms with E-state index < -0.39 is 22.7 Å². The number of hydrogen-bond donors (Lipinski definition) is 1. The van der Waals surface area contributed by atoms with Crippen LogP contribution >= 0.6 is 15.9 Å². The number of aryl methyl sites for hydroxylation is 3. The van der Waals surface area contributed by atoms with E-state index in [2.05, 4.69) is 26.3 Å². The van der Waals surface area contributed by atoms with Crippen molar-refractivity contribution in [2.45, 2.75) is 39.9 Å². The van der Waals surface area contributed by atoms with E-state index in [1.54, 1.807) is 6.07 Å². The van der Waals surface area contributed by atoms with E-state index in [0.29, 0.717) is 5.75 Å². The van der Waals surface area contributed by atoms with E-state index in [4.69, 9.17) is 4.74 Å². The molecule has 0 spiro atoms. The fourth-order valence-electron chi connectivity index (χ4n) is 3.12. The van der Waals surface area contributed by atoms with Gasteiger partial charge < -0.3 is 10.1 Å². The van der Waals surface area contributed by atoms with Crippen LogP contribution in [0.4, 0.5) is 24.5 Å². The number of rotatable bonds is 7. The Morgan fingerprint density at radius 2 is 1.91 bits per heavy atom. The van der Waals surface area contributed by atoms with Gasteiger partial charge in [0.05, 0.1) is 33.4 Å². The van der Waals surface area contributed by atoms with Crippen LogP contribution in [0.2, 0.25) is 0 Å². The van der Waals surface area contributed by atoms with E-state index >= 15 is 0 Å². The highest BCUT2D eigenvalue weighted by Crippen LogP contribution is 2.36. The van der Waals surface area contributed by atoms with Crippen molar-refractivity contribution in [2.24, 2.45) is 0 Å². The molecule has 2 aromatic carbocycles. The fourth-order valence-corrected chi connectivity index (χ4v) is 3.63. The molecule has 0 bridgehead atoms. The molecule has 3 rings (SSSR count). The first-order valence-corrected chi connectivity index (χ1v) is 10.8. The van der Waals surface area contributed by atoms with Crippen molar-refractivity contribution in [3.8, 4) is 11.5 Å². The third kappa shape index (κ3) is 5.93. The lowest BCUT2D eigenvalue weighted by Gasteiger charge is -2.12. The van der Waals surface area contributed by atoms with Crippen LogP contribution in [-0.2, 0) is 17.5 Å². The number of anilines is 1. The van der Waals surface area contributed by atoms with Gasteiger partial charge in [-0.3, -0.25) is 19.6 Å². The third-order valence-electron chi connectivity index (χ3n) is 4.91. The first-order valence-electron chi connectivity index (χ1n) is 9.99. The van der Waals surface area contributed by atoms with Gasteiger partial charge in [0.1, 0.15) is 11.5 Å². The smallest absolute Gasteiger partial charge is 0.436 e. The maximum absolute atomic E-state index is 13.0. The van der Waals surface area contributed by atoms with Crippen LogP contribution in [0.3, 0.4) is 0 Å². The molecule has 0 saturated carbocycles. The van der Waals surface area contributed by atoms with Crippen molar-refractivity contribution in [3.05, 3.63) is 73.5 Å². The van der Waals surface area contributed by atoms with E-state index in [9.17, 15) is 28.1 Å². The number of hydrogen-bond acceptors (Lipinski definition) is 5. The van der Waals surface area contributed by atoms with Crippen LogP contribution in [0, 0.1) is 30.9 Å². The van der Waals surface area contributed by atoms with Crippen molar-refractivity contribution >= 4 is 33.2 Å². The van der Waals surface area contributed by atoms with E-state index in [1.807, 2.05) is 26.0 Å². The van der Waals surface area contributed by atoms with Crippen LogP contribution in [0.5, 0.6) is 11.5 Å². The van der Waals surface area contributed by atoms with Crippen LogP contribution in [0.25, 0.3) is 0 Å². The highest BCUT2D eigenvalue weighted by molar-refractivity contribution is 9.10. The lowest BCUT2D eigenvalue weighted by molar-refractivity contribution is -0.384. The van der Waals surface area contributed by atoms with Crippen molar-refractivity contribution in [1.82, 2.24) is 9.78 Å². The number of nitrogens with zero attached hydrogens (tertiary/aromatic N) is 3. The van der Waals surface area contributed by atoms with Gasteiger partial charge in [0, 0.05) is 18.6 Å². The molecule has 0 atom stereocenters. The summed E-state index contributed by atoms with van der Waals surface area (Å²) in [5.41, 5.74) is 0.737. The molecule has 1 aromatic heterocycles. The van der Waals surface area contributed by atoms with Crippen LogP contribution in [0.15, 0.2) is 40.9 Å². The van der Waals surface area contributed by atoms with Crippen LogP contribution in [0.1, 0.15) is 28.9 Å². The number of alkyl halides is 3. The summed E-state index contributed by atoms with van der Waals surface area (Å²) in [6.07, 6.45) is -4.84. The van der Waals surface area contributed by atoms with Crippen molar-refractivity contribution in [1.29, 1.82) is 0 Å². The van der Waals surface area contributed by atoms with Gasteiger partial charge in [0.25, 0.3) is 5.69 Å². The summed E-state index contributed by atoms with van der Waals surface area (Å²) in [4.78, 5) is 23.2. The zero-order chi connectivity index (χ0) is 25.2. The number of nitrogens with one attached hydrogen (secondary N) is 1. The Bertz CT molecular complexity index is 1260. The second-order valence-electron chi connectivity index (χ2n) is 7.61. The predicted octanol–water partition coefficient (Wildman–Crippen LogP) is 6.32. The number of carbonyl (C=O) groups is 1. The number of ether oxygens (including phenoxy) is 1. The van der Waals surface area contributed by atoms with Crippen LogP contribution < -0.4 is 10.1 Å². The zero-order valence-electron chi connectivity index (χ0n) is 18.4.